The number of hydrogen-bond donors (Lipinski definition) is 2. The highest BCUT2D eigenvalue weighted by molar-refractivity contribution is 7.77. The topological polar surface area (TPSA) is 72.4 Å². The second-order valence-corrected chi connectivity index (χ2v) is 3.96. The molecule has 0 heterocycles. The summed E-state index contributed by atoms with van der Waals surface area (Å²) in [6.07, 6.45) is 4.99. The van der Waals surface area contributed by atoms with Crippen molar-refractivity contribution in [2.24, 2.45) is 0 Å². The maximum Gasteiger partial charge on any atom is 0.125 e. The highest BCUT2D eigenvalue weighted by Crippen LogP contribution is 2.24. The lowest BCUT2D eigenvalue weighted by atomic mass is 10.1. The quantitative estimate of drug-likeness (QED) is 0.378. The largest absolute Gasteiger partial charge is 0.760 e. The van der Waals surface area contributed by atoms with Crippen LogP contribution >= 0.6 is 0 Å². The van der Waals surface area contributed by atoms with Crippen molar-refractivity contribution in [3.63, 3.8) is 0 Å². The van der Waals surface area contributed by atoms with Gasteiger partial charge in [0.1, 0.15) is 5.72 Å². The van der Waals surface area contributed by atoms with Crippen LogP contribution in [0.25, 0.3) is 0 Å². The first-order chi connectivity index (χ1) is 5.62. The smallest absolute Gasteiger partial charge is 0.125 e. The van der Waals surface area contributed by atoms with E-state index in [1.807, 2.05) is 0 Å². The summed E-state index contributed by atoms with van der Waals surface area (Å²) in [7, 11) is 0. The fourth-order valence-corrected chi connectivity index (χ4v) is 2.08. The van der Waals surface area contributed by atoms with Crippen LogP contribution in [0.15, 0.2) is 0 Å². The average molecular weight is 192 g/mol. The standard InChI is InChI=1S/C7H15NO3S/c9-7(8-12(10)11)5-3-1-2-4-6-7/h8-9H,1-6H2,(H,10,11)/p-1. The average Bonchev–Trinajstić information content (AvgIpc) is 2.12. The van der Waals surface area contributed by atoms with Crippen molar-refractivity contribution in [3.05, 3.63) is 0 Å². The van der Waals surface area contributed by atoms with Crippen LogP contribution in [0.5, 0.6) is 0 Å². The molecule has 1 saturated carbocycles. The second-order valence-electron chi connectivity index (χ2n) is 3.28. The maximum atomic E-state index is 10.3. The molecule has 72 valence electrons. The van der Waals surface area contributed by atoms with E-state index >= 15 is 0 Å². The second kappa shape index (κ2) is 4.32. The predicted molar refractivity (Wildman–Crippen MR) is 44.7 cm³/mol. The molecule has 1 rings (SSSR count). The van der Waals surface area contributed by atoms with Gasteiger partial charge >= 0.3 is 0 Å². The van der Waals surface area contributed by atoms with Gasteiger partial charge in [0.2, 0.25) is 0 Å². The Hall–Kier alpha value is 0.0300. The molecule has 5 heteroatoms. The first kappa shape index (κ1) is 10.1. The van der Waals surface area contributed by atoms with Crippen LogP contribution in [-0.2, 0) is 11.3 Å². The Balaban J connectivity index is 2.48. The molecule has 0 radical (unpaired) electrons. The van der Waals surface area contributed by atoms with Gasteiger partial charge in [0.15, 0.2) is 0 Å². The fourth-order valence-electron chi connectivity index (χ4n) is 1.57. The molecule has 0 aromatic heterocycles. The molecule has 1 unspecified atom stereocenters. The highest BCUT2D eigenvalue weighted by Gasteiger charge is 2.27. The third kappa shape index (κ3) is 3.18. The van der Waals surface area contributed by atoms with Crippen LogP contribution in [0.4, 0.5) is 0 Å². The zero-order valence-corrected chi connectivity index (χ0v) is 7.73. The lowest BCUT2D eigenvalue weighted by Crippen LogP contribution is -2.45. The van der Waals surface area contributed by atoms with Crippen LogP contribution in [0.2, 0.25) is 0 Å². The monoisotopic (exact) mass is 192 g/mol. The van der Waals surface area contributed by atoms with E-state index in [0.717, 1.165) is 25.7 Å². The fraction of sp³-hybridized carbons (Fsp3) is 1.00. The molecule has 0 aromatic rings. The molecule has 4 nitrogen and oxygen atoms in total. The van der Waals surface area contributed by atoms with Crippen LogP contribution in [0, 0.1) is 0 Å². The minimum Gasteiger partial charge on any atom is -0.760 e. The lowest BCUT2D eigenvalue weighted by molar-refractivity contribution is 0.0133. The van der Waals surface area contributed by atoms with Gasteiger partial charge < -0.3 is 9.66 Å². The minimum absolute atomic E-state index is 0.529. The Morgan fingerprint density at radius 1 is 1.25 bits per heavy atom. The van der Waals surface area contributed by atoms with E-state index < -0.39 is 17.0 Å². The first-order valence-electron chi connectivity index (χ1n) is 4.22. The van der Waals surface area contributed by atoms with Crippen molar-refractivity contribution in [2.45, 2.75) is 44.2 Å². The predicted octanol–water partition coefficient (Wildman–Crippen LogP) is 0.413. The number of nitrogens with one attached hydrogen (secondary N) is 1. The molecule has 0 spiro atoms. The summed E-state index contributed by atoms with van der Waals surface area (Å²) in [6.45, 7) is 0. The number of rotatable bonds is 2. The van der Waals surface area contributed by atoms with Crippen molar-refractivity contribution >= 4 is 11.3 Å². The van der Waals surface area contributed by atoms with Gasteiger partial charge in [0.05, 0.1) is 0 Å². The molecule has 1 aliphatic carbocycles. The Labute approximate surface area is 74.8 Å². The van der Waals surface area contributed by atoms with Crippen molar-refractivity contribution in [3.8, 4) is 0 Å². The van der Waals surface area contributed by atoms with E-state index in [9.17, 15) is 13.9 Å². The maximum absolute atomic E-state index is 10.3. The van der Waals surface area contributed by atoms with Crippen molar-refractivity contribution in [1.29, 1.82) is 0 Å². The molecule has 0 amide bonds. The lowest BCUT2D eigenvalue weighted by Gasteiger charge is -2.28. The summed E-state index contributed by atoms with van der Waals surface area (Å²) in [4.78, 5) is 0. The van der Waals surface area contributed by atoms with Gasteiger partial charge in [0.25, 0.3) is 0 Å². The van der Waals surface area contributed by atoms with Crippen LogP contribution in [0.1, 0.15) is 38.5 Å². The van der Waals surface area contributed by atoms with E-state index in [0.29, 0.717) is 12.8 Å². The van der Waals surface area contributed by atoms with Gasteiger partial charge in [-0.25, -0.2) is 4.72 Å². The number of hydrogen-bond acceptors (Lipinski definition) is 3. The first-order valence-corrected chi connectivity index (χ1v) is 5.29. The third-order valence-corrected chi connectivity index (χ3v) is 2.75. The van der Waals surface area contributed by atoms with Crippen LogP contribution < -0.4 is 4.72 Å². The summed E-state index contributed by atoms with van der Waals surface area (Å²) in [5.41, 5.74) is -1.18. The van der Waals surface area contributed by atoms with E-state index in [4.69, 9.17) is 0 Å². The molecule has 1 atom stereocenters. The Morgan fingerprint density at radius 2 is 1.75 bits per heavy atom. The Morgan fingerprint density at radius 3 is 2.17 bits per heavy atom. The summed E-state index contributed by atoms with van der Waals surface area (Å²) < 4.78 is 22.8. The summed E-state index contributed by atoms with van der Waals surface area (Å²) in [5.74, 6) is 0. The molecular weight excluding hydrogens is 178 g/mol. The third-order valence-electron chi connectivity index (χ3n) is 2.20. The van der Waals surface area contributed by atoms with E-state index in [-0.39, 0.29) is 0 Å². The zero-order valence-electron chi connectivity index (χ0n) is 6.91. The van der Waals surface area contributed by atoms with Gasteiger partial charge in [-0.15, -0.1) is 0 Å². The number of aliphatic hydroxyl groups is 1. The molecule has 0 saturated heterocycles. The van der Waals surface area contributed by atoms with Crippen LogP contribution in [0.3, 0.4) is 0 Å². The molecule has 12 heavy (non-hydrogen) atoms. The SMILES string of the molecule is O=S([O-])NC1(O)CCCCCC1. The molecule has 1 fully saturated rings. The van der Waals surface area contributed by atoms with Crippen LogP contribution in [-0.4, -0.2) is 19.6 Å². The summed E-state index contributed by atoms with van der Waals surface area (Å²) in [5, 5.41) is 9.72. The van der Waals surface area contributed by atoms with E-state index in [1.54, 1.807) is 0 Å². The molecule has 0 bridgehead atoms. The Bertz CT molecular complexity index is 166. The van der Waals surface area contributed by atoms with E-state index in [2.05, 4.69) is 4.72 Å². The summed E-state index contributed by atoms with van der Waals surface area (Å²) in [6, 6.07) is 0. The molecule has 0 aliphatic heterocycles. The zero-order chi connectivity index (χ0) is 9.03. The van der Waals surface area contributed by atoms with Gasteiger partial charge in [-0.3, -0.25) is 4.21 Å². The van der Waals surface area contributed by atoms with Gasteiger partial charge in [-0.2, -0.15) is 0 Å². The van der Waals surface area contributed by atoms with Crippen molar-refractivity contribution < 1.29 is 13.9 Å². The van der Waals surface area contributed by atoms with Gasteiger partial charge in [-0.1, -0.05) is 12.8 Å². The van der Waals surface area contributed by atoms with E-state index in [1.165, 1.54) is 0 Å². The van der Waals surface area contributed by atoms with Gasteiger partial charge in [0, 0.05) is 11.3 Å². The molecule has 2 N–H and O–H groups in total. The summed E-state index contributed by atoms with van der Waals surface area (Å²) >= 11 is -2.36. The van der Waals surface area contributed by atoms with Crippen molar-refractivity contribution in [1.82, 2.24) is 4.72 Å². The molecular formula is C7H14NO3S-. The molecule has 1 aliphatic rings. The van der Waals surface area contributed by atoms with Crippen molar-refractivity contribution in [2.75, 3.05) is 0 Å². The Kier molecular flexibility index (Phi) is 3.64. The minimum atomic E-state index is -2.36. The molecule has 0 aromatic carbocycles. The van der Waals surface area contributed by atoms with Gasteiger partial charge in [-0.05, 0) is 25.7 Å². The normalized spacial score (nSPS) is 26.2. The highest BCUT2D eigenvalue weighted by atomic mass is 32.2.